The molecule has 0 aromatic heterocycles. The van der Waals surface area contributed by atoms with Crippen LogP contribution < -0.4 is 0 Å². The van der Waals surface area contributed by atoms with E-state index in [2.05, 4.69) is 161 Å². The maximum atomic E-state index is 13.1. The van der Waals surface area contributed by atoms with Gasteiger partial charge in [-0.05, 0) is 148 Å². The number of hydrogen-bond donors (Lipinski definition) is 3. The fourth-order valence-electron chi connectivity index (χ4n) is 9.35. The third-order valence-electron chi connectivity index (χ3n) is 15.0. The van der Waals surface area contributed by atoms with Crippen LogP contribution in [-0.2, 0) is 65.4 Å². The number of unbranched alkanes of at least 4 members (excludes halogenated alkanes) is 18. The van der Waals surface area contributed by atoms with Crippen molar-refractivity contribution in [2.75, 3.05) is 39.6 Å². The molecule has 0 amide bonds. The van der Waals surface area contributed by atoms with Crippen molar-refractivity contribution >= 4 is 39.5 Å². The lowest BCUT2D eigenvalue weighted by atomic mass is 10.1. The van der Waals surface area contributed by atoms with Crippen LogP contribution in [0.1, 0.15) is 272 Å². The van der Waals surface area contributed by atoms with Gasteiger partial charge in [-0.3, -0.25) is 37.3 Å². The van der Waals surface area contributed by atoms with Gasteiger partial charge in [0.2, 0.25) is 0 Å². The highest BCUT2D eigenvalue weighted by molar-refractivity contribution is 7.47. The van der Waals surface area contributed by atoms with E-state index in [-0.39, 0.29) is 25.7 Å². The highest BCUT2D eigenvalue weighted by Crippen LogP contribution is 2.45. The molecule has 0 heterocycles. The quantitative estimate of drug-likeness (QED) is 0.0169. The van der Waals surface area contributed by atoms with Gasteiger partial charge in [0.25, 0.3) is 0 Å². The first-order valence-electron chi connectivity index (χ1n) is 37.7. The lowest BCUT2D eigenvalue weighted by Crippen LogP contribution is -2.30. The Morgan fingerprint density at radius 3 is 0.900 bits per heavy atom. The minimum Gasteiger partial charge on any atom is -0.462 e. The number of aliphatic hydroxyl groups is 1. The molecule has 0 saturated heterocycles. The van der Waals surface area contributed by atoms with E-state index in [1.165, 1.54) is 25.7 Å². The monoisotopic (exact) mass is 1440 g/mol. The van der Waals surface area contributed by atoms with Gasteiger partial charge in [0.05, 0.1) is 32.8 Å². The summed E-state index contributed by atoms with van der Waals surface area (Å²) in [6.07, 6.45) is 82.7. The molecule has 0 radical (unpaired) electrons. The van der Waals surface area contributed by atoms with Gasteiger partial charge in [0.1, 0.15) is 19.3 Å². The predicted octanol–water partition coefficient (Wildman–Crippen LogP) is 21.7. The van der Waals surface area contributed by atoms with Crippen molar-refractivity contribution in [3.8, 4) is 0 Å². The Morgan fingerprint density at radius 2 is 0.560 bits per heavy atom. The molecule has 19 heteroatoms. The van der Waals surface area contributed by atoms with Crippen LogP contribution in [0.3, 0.4) is 0 Å². The molecule has 568 valence electrons. The zero-order valence-corrected chi connectivity index (χ0v) is 63.6. The molecule has 0 aliphatic heterocycles. The summed E-state index contributed by atoms with van der Waals surface area (Å²) in [5, 5.41) is 10.6. The summed E-state index contributed by atoms with van der Waals surface area (Å²) in [5.41, 5.74) is 0. The number of phosphoric ester groups is 2. The number of carbonyl (C=O) groups excluding carboxylic acids is 4. The van der Waals surface area contributed by atoms with Crippen LogP contribution in [0.25, 0.3) is 0 Å². The smallest absolute Gasteiger partial charge is 0.462 e. The zero-order chi connectivity index (χ0) is 73.2. The van der Waals surface area contributed by atoms with E-state index in [4.69, 9.17) is 37.0 Å². The second-order valence-corrected chi connectivity index (χ2v) is 27.4. The maximum Gasteiger partial charge on any atom is 0.472 e. The average molecular weight is 1440 g/mol. The molecule has 0 saturated carbocycles. The van der Waals surface area contributed by atoms with Gasteiger partial charge in [0.15, 0.2) is 12.2 Å². The summed E-state index contributed by atoms with van der Waals surface area (Å²) in [5.74, 6) is -2.39. The first kappa shape index (κ1) is 94.7. The van der Waals surface area contributed by atoms with Gasteiger partial charge in [-0.1, -0.05) is 256 Å². The number of ether oxygens (including phenoxy) is 4. The number of rotatable bonds is 69. The second kappa shape index (κ2) is 72.0. The fourth-order valence-corrected chi connectivity index (χ4v) is 10.9. The summed E-state index contributed by atoms with van der Waals surface area (Å²) < 4.78 is 68.3. The van der Waals surface area contributed by atoms with Crippen molar-refractivity contribution in [2.24, 2.45) is 0 Å². The van der Waals surface area contributed by atoms with E-state index in [9.17, 15) is 43.2 Å². The van der Waals surface area contributed by atoms with Crippen LogP contribution in [0.15, 0.2) is 158 Å². The van der Waals surface area contributed by atoms with Crippen LogP contribution in [-0.4, -0.2) is 96.7 Å². The first-order valence-corrected chi connectivity index (χ1v) is 40.7. The van der Waals surface area contributed by atoms with E-state index in [1.54, 1.807) is 6.08 Å². The fraction of sp³-hybridized carbons (Fsp3) is 0.630. The molecule has 0 spiro atoms. The predicted molar refractivity (Wildman–Crippen MR) is 408 cm³/mol. The van der Waals surface area contributed by atoms with Crippen LogP contribution >= 0.6 is 15.6 Å². The highest BCUT2D eigenvalue weighted by Gasteiger charge is 2.30. The molecule has 0 aliphatic carbocycles. The minimum absolute atomic E-state index is 0.0602. The summed E-state index contributed by atoms with van der Waals surface area (Å²) in [6.45, 7) is 4.32. The van der Waals surface area contributed by atoms with Crippen LogP contribution in [0.2, 0.25) is 0 Å². The van der Waals surface area contributed by atoms with Crippen LogP contribution in [0.5, 0.6) is 0 Å². The second-order valence-electron chi connectivity index (χ2n) is 24.5. The SMILES string of the molecule is CC/C=C\C/C=C\C/C=C\C/C=C\C/C=C\CC(=O)OCC(COP(=O)(O)OCC(O)COP(=O)(O)OCC(COC(=O)CCCCCC/C=C\C/C=C\C/C=C\C/C=C\CC)OC(=O)CCCCCCC/C=C\C/C=C\C/C=C\CC)OC(=O)CCCCCCC/C=C\CCCCCC. The summed E-state index contributed by atoms with van der Waals surface area (Å²) in [4.78, 5) is 72.8. The molecule has 5 unspecified atom stereocenters. The van der Waals surface area contributed by atoms with Crippen LogP contribution in [0.4, 0.5) is 0 Å². The Morgan fingerprint density at radius 1 is 0.300 bits per heavy atom. The van der Waals surface area contributed by atoms with E-state index in [0.717, 1.165) is 167 Å². The number of phosphoric acid groups is 2. The molecule has 100 heavy (non-hydrogen) atoms. The average Bonchev–Trinajstić information content (AvgIpc) is 0.937. The third-order valence-corrected chi connectivity index (χ3v) is 16.9. The number of hydrogen-bond acceptors (Lipinski definition) is 15. The Hall–Kier alpha value is -5.32. The van der Waals surface area contributed by atoms with Crippen molar-refractivity contribution in [1.82, 2.24) is 0 Å². The lowest BCUT2D eigenvalue weighted by Gasteiger charge is -2.21. The molecule has 3 N–H and O–H groups in total. The van der Waals surface area contributed by atoms with Crippen molar-refractivity contribution in [1.29, 1.82) is 0 Å². The molecule has 0 aliphatic rings. The molecule has 0 fully saturated rings. The molecule has 17 nitrogen and oxygen atoms in total. The van der Waals surface area contributed by atoms with Crippen LogP contribution in [0, 0.1) is 0 Å². The number of allylic oxidation sites excluding steroid dienone is 25. The molecule has 0 aromatic rings. The molecular weight excluding hydrogens is 1310 g/mol. The first-order chi connectivity index (χ1) is 48.7. The largest absolute Gasteiger partial charge is 0.472 e. The number of aliphatic hydroxyl groups excluding tert-OH is 1. The van der Waals surface area contributed by atoms with Gasteiger partial charge in [0, 0.05) is 19.3 Å². The van der Waals surface area contributed by atoms with Crippen molar-refractivity contribution in [3.63, 3.8) is 0 Å². The summed E-state index contributed by atoms with van der Waals surface area (Å²) in [7, 11) is -10.00. The number of esters is 4. The molecular formula is C81H132O17P2. The van der Waals surface area contributed by atoms with Gasteiger partial charge in [-0.15, -0.1) is 0 Å². The Bertz CT molecular complexity index is 2520. The molecule has 0 rings (SSSR count). The van der Waals surface area contributed by atoms with Crippen molar-refractivity contribution < 1.29 is 80.2 Å². The third kappa shape index (κ3) is 71.1. The van der Waals surface area contributed by atoms with E-state index in [0.29, 0.717) is 25.7 Å². The lowest BCUT2D eigenvalue weighted by molar-refractivity contribution is -0.161. The normalized spacial score (nSPS) is 14.8. The molecule has 0 bridgehead atoms. The molecule has 0 aromatic carbocycles. The van der Waals surface area contributed by atoms with Gasteiger partial charge in [-0.2, -0.15) is 0 Å². The minimum atomic E-state index is -5.00. The van der Waals surface area contributed by atoms with E-state index >= 15 is 0 Å². The Kier molecular flexibility index (Phi) is 68.2. The van der Waals surface area contributed by atoms with Crippen molar-refractivity contribution in [2.45, 2.75) is 290 Å². The topological polar surface area (TPSA) is 237 Å². The van der Waals surface area contributed by atoms with Crippen molar-refractivity contribution in [3.05, 3.63) is 158 Å². The van der Waals surface area contributed by atoms with E-state index < -0.39 is 97.5 Å². The number of carbonyl (C=O) groups is 4. The summed E-state index contributed by atoms with van der Waals surface area (Å²) >= 11 is 0. The summed E-state index contributed by atoms with van der Waals surface area (Å²) in [6, 6.07) is 0. The maximum absolute atomic E-state index is 13.1. The van der Waals surface area contributed by atoms with Gasteiger partial charge >= 0.3 is 39.5 Å². The van der Waals surface area contributed by atoms with E-state index in [1.807, 2.05) is 18.2 Å². The Balaban J connectivity index is 5.47. The standard InChI is InChI=1S/C81H132O17P2/c1-5-9-13-17-21-25-29-33-36-37-40-43-46-50-54-58-62-66-79(84)92-72-77(98-81(86)68-64-60-56-52-48-44-39-35-31-27-23-19-15-11-7-3)74-96-100(89,90)94-70-75(82)69-93-99(87,88)95-73-76(97-80(85)67-63-59-55-51-47-41-32-28-24-20-16-12-8-4)71-91-78(83)65-61-57-53-49-45-42-38-34-30-26-22-18-14-10-6-2/h9-11,13-15,21-23,25-28,32-36,38-40,43,45,49,57,61,75-77,82H,5-8,12,16-20,24,29-31,37,41-42,44,46-48,50-56,58-60,62-74H2,1-4H3,(H,87,88)(H,89,90)/b13-9-,14-10-,15-11-,25-21-,26-22-,27-23-,32-28-,36-33-,38-34-,39-35-,43-40-,49-45-,61-57-. The Labute approximate surface area is 604 Å². The molecule has 5 atom stereocenters. The van der Waals surface area contributed by atoms with Gasteiger partial charge in [-0.25, -0.2) is 9.13 Å². The zero-order valence-electron chi connectivity index (χ0n) is 61.8. The van der Waals surface area contributed by atoms with Gasteiger partial charge < -0.3 is 33.8 Å². The highest BCUT2D eigenvalue weighted by atomic mass is 31.2.